The Labute approximate surface area is 100 Å². The average molecular weight is 232 g/mol. The average Bonchev–Trinajstić information content (AvgIpc) is 2.27. The summed E-state index contributed by atoms with van der Waals surface area (Å²) in [5, 5.41) is 9.43. The molecule has 1 fully saturated rings. The van der Waals surface area contributed by atoms with Crippen LogP contribution in [0.5, 0.6) is 5.75 Å². The highest BCUT2D eigenvalue weighted by Gasteiger charge is 2.51. The van der Waals surface area contributed by atoms with E-state index in [1.165, 1.54) is 0 Å². The lowest BCUT2D eigenvalue weighted by Gasteiger charge is -2.45. The largest absolute Gasteiger partial charge is 0.493 e. The van der Waals surface area contributed by atoms with Crippen LogP contribution in [-0.2, 0) is 11.2 Å². The van der Waals surface area contributed by atoms with Crippen LogP contribution < -0.4 is 4.74 Å². The van der Waals surface area contributed by atoms with Gasteiger partial charge >= 0.3 is 5.97 Å². The number of para-hydroxylation sites is 1. The molecule has 3 nitrogen and oxygen atoms in total. The number of rotatable bonds is 2. The molecule has 0 saturated heterocycles. The summed E-state index contributed by atoms with van der Waals surface area (Å²) in [6.45, 7) is 0.545. The maximum Gasteiger partial charge on any atom is 0.310 e. The van der Waals surface area contributed by atoms with Gasteiger partial charge in [-0.3, -0.25) is 4.79 Å². The third kappa shape index (κ3) is 1.53. The van der Waals surface area contributed by atoms with E-state index in [2.05, 4.69) is 0 Å². The van der Waals surface area contributed by atoms with E-state index >= 15 is 0 Å². The lowest BCUT2D eigenvalue weighted by Crippen LogP contribution is -2.48. The van der Waals surface area contributed by atoms with Crippen LogP contribution >= 0.6 is 0 Å². The number of benzene rings is 1. The van der Waals surface area contributed by atoms with Crippen LogP contribution in [0.3, 0.4) is 0 Å². The first-order chi connectivity index (χ1) is 8.22. The summed E-state index contributed by atoms with van der Waals surface area (Å²) in [4.78, 5) is 11.5. The third-order valence-electron chi connectivity index (χ3n) is 4.33. The molecule has 1 atom stereocenters. The van der Waals surface area contributed by atoms with Crippen molar-refractivity contribution in [2.24, 2.45) is 11.3 Å². The fourth-order valence-electron chi connectivity index (χ4n) is 3.04. The Morgan fingerprint density at radius 3 is 2.76 bits per heavy atom. The van der Waals surface area contributed by atoms with Crippen LogP contribution in [0.2, 0.25) is 0 Å². The Kier molecular flexibility index (Phi) is 2.35. The van der Waals surface area contributed by atoms with Gasteiger partial charge in [-0.2, -0.15) is 0 Å². The van der Waals surface area contributed by atoms with Gasteiger partial charge < -0.3 is 9.84 Å². The highest BCUT2D eigenvalue weighted by atomic mass is 16.5. The zero-order valence-corrected chi connectivity index (χ0v) is 9.69. The van der Waals surface area contributed by atoms with E-state index in [9.17, 15) is 9.90 Å². The summed E-state index contributed by atoms with van der Waals surface area (Å²) in [7, 11) is 0. The number of aliphatic carboxylic acids is 1. The molecule has 90 valence electrons. The van der Waals surface area contributed by atoms with E-state index in [1.807, 2.05) is 24.3 Å². The molecule has 1 aromatic rings. The highest BCUT2D eigenvalue weighted by Crippen LogP contribution is 2.50. The predicted octanol–water partition coefficient (Wildman–Crippen LogP) is 2.49. The molecule has 0 bridgehead atoms. The Bertz CT molecular complexity index is 449. The first-order valence-corrected chi connectivity index (χ1v) is 6.16. The standard InChI is InChI=1S/C14H16O3/c15-13(16)14(6-3-7-14)11-8-10-4-1-2-5-12(10)17-9-11/h1-2,4-5,11H,3,6-9H2,(H,15,16). The molecular formula is C14H16O3. The van der Waals surface area contributed by atoms with E-state index < -0.39 is 11.4 Å². The van der Waals surface area contributed by atoms with Gasteiger partial charge in [-0.05, 0) is 30.9 Å². The Morgan fingerprint density at radius 2 is 2.12 bits per heavy atom. The molecule has 1 unspecified atom stereocenters. The predicted molar refractivity (Wildman–Crippen MR) is 63.1 cm³/mol. The molecule has 1 aliphatic heterocycles. The van der Waals surface area contributed by atoms with E-state index in [-0.39, 0.29) is 5.92 Å². The van der Waals surface area contributed by atoms with Crippen LogP contribution in [-0.4, -0.2) is 17.7 Å². The van der Waals surface area contributed by atoms with Crippen molar-refractivity contribution in [1.29, 1.82) is 0 Å². The van der Waals surface area contributed by atoms with Crippen LogP contribution in [0.15, 0.2) is 24.3 Å². The number of hydrogen-bond donors (Lipinski definition) is 1. The Balaban J connectivity index is 1.86. The minimum Gasteiger partial charge on any atom is -0.493 e. The molecule has 17 heavy (non-hydrogen) atoms. The minimum absolute atomic E-state index is 0.128. The zero-order valence-electron chi connectivity index (χ0n) is 9.69. The number of ether oxygens (including phenoxy) is 1. The van der Waals surface area contributed by atoms with Crippen molar-refractivity contribution in [3.05, 3.63) is 29.8 Å². The van der Waals surface area contributed by atoms with Crippen molar-refractivity contribution in [2.75, 3.05) is 6.61 Å². The van der Waals surface area contributed by atoms with Gasteiger partial charge in [0, 0.05) is 5.92 Å². The van der Waals surface area contributed by atoms with Gasteiger partial charge in [-0.25, -0.2) is 0 Å². The van der Waals surface area contributed by atoms with Crippen molar-refractivity contribution >= 4 is 5.97 Å². The molecule has 0 aromatic heterocycles. The first-order valence-electron chi connectivity index (χ1n) is 6.16. The molecule has 0 radical (unpaired) electrons. The number of fused-ring (bicyclic) bond motifs is 1. The monoisotopic (exact) mass is 232 g/mol. The van der Waals surface area contributed by atoms with Gasteiger partial charge in [0.05, 0.1) is 12.0 Å². The minimum atomic E-state index is -0.642. The summed E-state index contributed by atoms with van der Waals surface area (Å²) < 4.78 is 5.70. The van der Waals surface area contributed by atoms with Crippen molar-refractivity contribution in [2.45, 2.75) is 25.7 Å². The smallest absolute Gasteiger partial charge is 0.310 e. The molecule has 1 aromatic carbocycles. The van der Waals surface area contributed by atoms with Gasteiger partial charge in [0.2, 0.25) is 0 Å². The molecule has 1 heterocycles. The van der Waals surface area contributed by atoms with Crippen molar-refractivity contribution in [1.82, 2.24) is 0 Å². The van der Waals surface area contributed by atoms with Crippen LogP contribution in [0, 0.1) is 11.3 Å². The maximum absolute atomic E-state index is 11.5. The Hall–Kier alpha value is -1.51. The number of carboxylic acids is 1. The molecule has 3 heteroatoms. The van der Waals surface area contributed by atoms with Crippen LogP contribution in [0.25, 0.3) is 0 Å². The molecule has 0 amide bonds. The van der Waals surface area contributed by atoms with Gasteiger partial charge in [0.25, 0.3) is 0 Å². The summed E-state index contributed by atoms with van der Waals surface area (Å²) in [6.07, 6.45) is 3.48. The molecule has 1 aliphatic carbocycles. The zero-order chi connectivity index (χ0) is 11.9. The van der Waals surface area contributed by atoms with Crippen molar-refractivity contribution in [3.8, 4) is 5.75 Å². The number of carbonyl (C=O) groups is 1. The van der Waals surface area contributed by atoms with Crippen molar-refractivity contribution < 1.29 is 14.6 Å². The van der Waals surface area contributed by atoms with Gasteiger partial charge in [-0.1, -0.05) is 24.6 Å². The first kappa shape index (κ1) is 10.6. The molecular weight excluding hydrogens is 216 g/mol. The summed E-state index contributed by atoms with van der Waals surface area (Å²) in [6, 6.07) is 7.93. The highest BCUT2D eigenvalue weighted by molar-refractivity contribution is 5.76. The topological polar surface area (TPSA) is 46.5 Å². The lowest BCUT2D eigenvalue weighted by atomic mass is 9.59. The summed E-state index contributed by atoms with van der Waals surface area (Å²) in [5.74, 6) is 0.406. The lowest BCUT2D eigenvalue weighted by molar-refractivity contribution is -0.161. The second kappa shape index (κ2) is 3.76. The summed E-state index contributed by atoms with van der Waals surface area (Å²) >= 11 is 0. The third-order valence-corrected chi connectivity index (χ3v) is 4.33. The fraction of sp³-hybridized carbons (Fsp3) is 0.500. The Morgan fingerprint density at radius 1 is 1.35 bits per heavy atom. The van der Waals surface area contributed by atoms with E-state index in [4.69, 9.17) is 4.74 Å². The maximum atomic E-state index is 11.5. The van der Waals surface area contributed by atoms with Crippen LogP contribution in [0.1, 0.15) is 24.8 Å². The SMILES string of the molecule is O=C(O)C1(C2COc3ccccc3C2)CCC1. The van der Waals surface area contributed by atoms with Gasteiger partial charge in [0.15, 0.2) is 0 Å². The van der Waals surface area contributed by atoms with Crippen molar-refractivity contribution in [3.63, 3.8) is 0 Å². The van der Waals surface area contributed by atoms with E-state index in [0.29, 0.717) is 6.61 Å². The molecule has 3 rings (SSSR count). The fourth-order valence-corrected chi connectivity index (χ4v) is 3.04. The molecule has 1 N–H and O–H groups in total. The van der Waals surface area contributed by atoms with Gasteiger partial charge in [-0.15, -0.1) is 0 Å². The van der Waals surface area contributed by atoms with Gasteiger partial charge in [0.1, 0.15) is 5.75 Å². The molecule has 0 spiro atoms. The van der Waals surface area contributed by atoms with Crippen LogP contribution in [0.4, 0.5) is 0 Å². The second-order valence-corrected chi connectivity index (χ2v) is 5.13. The molecule has 1 saturated carbocycles. The number of carboxylic acid groups (broad SMARTS) is 1. The van der Waals surface area contributed by atoms with E-state index in [0.717, 1.165) is 37.0 Å². The molecule has 2 aliphatic rings. The quantitative estimate of drug-likeness (QED) is 0.852. The number of hydrogen-bond acceptors (Lipinski definition) is 2. The van der Waals surface area contributed by atoms with E-state index in [1.54, 1.807) is 0 Å². The summed E-state index contributed by atoms with van der Waals surface area (Å²) in [5.41, 5.74) is 0.629. The normalized spacial score (nSPS) is 25.3. The second-order valence-electron chi connectivity index (χ2n) is 5.13.